The maximum Gasteiger partial charge on any atom is 0.290 e. The van der Waals surface area contributed by atoms with E-state index in [-0.39, 0.29) is 17.4 Å². The molecule has 3 N–H and O–H groups in total. The number of hydrogen-bond donors (Lipinski definition) is 3. The van der Waals surface area contributed by atoms with Crippen LogP contribution in [0.4, 0.5) is 5.69 Å². The number of imidazole rings is 1. The van der Waals surface area contributed by atoms with E-state index in [9.17, 15) is 18.0 Å². The van der Waals surface area contributed by atoms with Crippen molar-refractivity contribution in [2.75, 3.05) is 18.1 Å². The molecular weight excluding hydrogens is 382 g/mol. The van der Waals surface area contributed by atoms with Gasteiger partial charge in [-0.05, 0) is 31.2 Å². The van der Waals surface area contributed by atoms with E-state index in [1.807, 2.05) is 31.2 Å². The number of nitrogens with zero attached hydrogens (tertiary/aromatic N) is 2. The van der Waals surface area contributed by atoms with Crippen molar-refractivity contribution >= 4 is 32.9 Å². The number of rotatable bonds is 5. The number of carbonyl (C=O) groups excluding carboxylic acids is 2. The number of fused-ring (bicyclic) bond motifs is 1. The molecule has 1 aromatic carbocycles. The molecule has 3 rings (SSSR count). The highest BCUT2D eigenvalue weighted by Gasteiger charge is 2.22. The Morgan fingerprint density at radius 1 is 1.07 bits per heavy atom. The molecule has 0 unspecified atom stereocenters. The van der Waals surface area contributed by atoms with E-state index in [2.05, 4.69) is 21.2 Å². The Labute approximate surface area is 161 Å². The molecule has 10 heteroatoms. The number of benzene rings is 1. The summed E-state index contributed by atoms with van der Waals surface area (Å²) < 4.78 is 25.1. The maximum atomic E-state index is 12.4. The van der Waals surface area contributed by atoms with E-state index in [1.54, 1.807) is 18.2 Å². The molecule has 0 atom stereocenters. The summed E-state index contributed by atoms with van der Waals surface area (Å²) >= 11 is 0. The summed E-state index contributed by atoms with van der Waals surface area (Å²) in [7, 11) is -3.64. The van der Waals surface area contributed by atoms with Crippen LogP contribution in [0.3, 0.4) is 0 Å². The Hall–Kier alpha value is -3.40. The second-order valence-corrected chi connectivity index (χ2v) is 8.10. The zero-order valence-corrected chi connectivity index (χ0v) is 16.1. The van der Waals surface area contributed by atoms with E-state index in [0.717, 1.165) is 17.5 Å². The van der Waals surface area contributed by atoms with Crippen LogP contribution in [-0.2, 0) is 14.6 Å². The van der Waals surface area contributed by atoms with Crippen LogP contribution < -0.4 is 16.2 Å². The minimum atomic E-state index is -3.64. The van der Waals surface area contributed by atoms with E-state index in [0.29, 0.717) is 5.52 Å². The first-order valence-corrected chi connectivity index (χ1v) is 10.2. The van der Waals surface area contributed by atoms with Gasteiger partial charge in [-0.15, -0.1) is 0 Å². The van der Waals surface area contributed by atoms with E-state index in [1.165, 1.54) is 10.6 Å². The lowest BCUT2D eigenvalue weighted by atomic mass is 10.2. The van der Waals surface area contributed by atoms with E-state index >= 15 is 0 Å². The average Bonchev–Trinajstić information content (AvgIpc) is 3.06. The number of hydrogen-bond acceptors (Lipinski definition) is 6. The maximum absolute atomic E-state index is 12.4. The Morgan fingerprint density at radius 2 is 1.79 bits per heavy atom. The van der Waals surface area contributed by atoms with Gasteiger partial charge in [0.2, 0.25) is 15.0 Å². The highest BCUT2D eigenvalue weighted by atomic mass is 32.2. The molecule has 0 saturated heterocycles. The molecule has 0 aliphatic heterocycles. The summed E-state index contributed by atoms with van der Waals surface area (Å²) in [4.78, 5) is 28.3. The molecule has 28 heavy (non-hydrogen) atoms. The monoisotopic (exact) mass is 401 g/mol. The number of aromatic nitrogens is 2. The second-order valence-electron chi connectivity index (χ2n) is 6.19. The van der Waals surface area contributed by atoms with Crippen LogP contribution in [0.5, 0.6) is 0 Å². The molecule has 2 heterocycles. The summed E-state index contributed by atoms with van der Waals surface area (Å²) in [5.74, 6) is -1.19. The minimum absolute atomic E-state index is 0.0537. The van der Waals surface area contributed by atoms with Gasteiger partial charge in [-0.1, -0.05) is 23.8 Å². The average molecular weight is 401 g/mol. The van der Waals surface area contributed by atoms with Crippen LogP contribution in [-0.4, -0.2) is 42.4 Å². The lowest BCUT2D eigenvalue weighted by Gasteiger charge is -2.08. The van der Waals surface area contributed by atoms with Crippen molar-refractivity contribution in [3.8, 4) is 0 Å². The predicted octanol–water partition coefficient (Wildman–Crippen LogP) is 0.919. The standard InChI is InChI=1S/C18H19N5O4S/c1-12-6-8-13(9-7-12)19-11-15(24)21-22-17(25)16-14-5-3-4-10-23(14)18(20-16)28(2,26)27/h3-10,19H,11H2,1-2H3,(H,21,24)(H,22,25). The van der Waals surface area contributed by atoms with Gasteiger partial charge in [0, 0.05) is 18.1 Å². The number of anilines is 1. The molecule has 0 fully saturated rings. The number of sulfone groups is 1. The largest absolute Gasteiger partial charge is 0.376 e. The van der Waals surface area contributed by atoms with Gasteiger partial charge in [-0.2, -0.15) is 0 Å². The molecule has 3 aromatic rings. The van der Waals surface area contributed by atoms with Crippen molar-refractivity contribution in [2.24, 2.45) is 0 Å². The summed E-state index contributed by atoms with van der Waals surface area (Å²) in [5, 5.41) is 2.68. The van der Waals surface area contributed by atoms with Crippen molar-refractivity contribution in [3.05, 3.63) is 59.9 Å². The first-order chi connectivity index (χ1) is 13.3. The number of carbonyl (C=O) groups is 2. The SMILES string of the molecule is Cc1ccc(NCC(=O)NNC(=O)c2nc(S(C)(=O)=O)n3ccccc23)cc1. The van der Waals surface area contributed by atoms with Crippen molar-refractivity contribution in [2.45, 2.75) is 12.1 Å². The summed E-state index contributed by atoms with van der Waals surface area (Å²) in [6.07, 6.45) is 2.51. The van der Waals surface area contributed by atoms with Crippen LogP contribution in [0.1, 0.15) is 16.1 Å². The zero-order chi connectivity index (χ0) is 20.3. The summed E-state index contributed by atoms with van der Waals surface area (Å²) in [5.41, 5.74) is 6.60. The van der Waals surface area contributed by atoms with Crippen molar-refractivity contribution in [1.29, 1.82) is 0 Å². The third-order valence-corrected chi connectivity index (χ3v) is 4.83. The van der Waals surface area contributed by atoms with Crippen LogP contribution in [0.25, 0.3) is 5.52 Å². The molecule has 2 amide bonds. The molecule has 0 bridgehead atoms. The topological polar surface area (TPSA) is 122 Å². The number of hydrazine groups is 1. The zero-order valence-electron chi connectivity index (χ0n) is 15.3. The van der Waals surface area contributed by atoms with Gasteiger partial charge in [0.15, 0.2) is 5.69 Å². The van der Waals surface area contributed by atoms with Gasteiger partial charge in [-0.3, -0.25) is 24.8 Å². The van der Waals surface area contributed by atoms with E-state index in [4.69, 9.17) is 0 Å². The van der Waals surface area contributed by atoms with Crippen LogP contribution in [0, 0.1) is 6.92 Å². The number of aryl methyl sites for hydroxylation is 1. The Morgan fingerprint density at radius 3 is 2.46 bits per heavy atom. The highest BCUT2D eigenvalue weighted by Crippen LogP contribution is 2.16. The lowest BCUT2D eigenvalue weighted by molar-refractivity contribution is -0.120. The molecule has 2 aromatic heterocycles. The first kappa shape index (κ1) is 19.4. The molecule has 0 saturated carbocycles. The third kappa shape index (κ3) is 4.29. The lowest BCUT2D eigenvalue weighted by Crippen LogP contribution is -2.44. The predicted molar refractivity (Wildman–Crippen MR) is 104 cm³/mol. The Balaban J connectivity index is 1.66. The van der Waals surface area contributed by atoms with Crippen LogP contribution in [0.2, 0.25) is 0 Å². The third-order valence-electron chi connectivity index (χ3n) is 3.88. The number of pyridine rings is 1. The molecule has 0 spiro atoms. The minimum Gasteiger partial charge on any atom is -0.376 e. The van der Waals surface area contributed by atoms with Crippen LogP contribution in [0.15, 0.2) is 53.8 Å². The first-order valence-electron chi connectivity index (χ1n) is 8.32. The van der Waals surface area contributed by atoms with Crippen molar-refractivity contribution in [3.63, 3.8) is 0 Å². The normalized spacial score (nSPS) is 11.2. The molecule has 9 nitrogen and oxygen atoms in total. The second kappa shape index (κ2) is 7.69. The van der Waals surface area contributed by atoms with Gasteiger partial charge in [0.05, 0.1) is 12.1 Å². The number of nitrogens with one attached hydrogen (secondary N) is 3. The van der Waals surface area contributed by atoms with Crippen LogP contribution >= 0.6 is 0 Å². The van der Waals surface area contributed by atoms with Gasteiger partial charge in [0.25, 0.3) is 11.8 Å². The van der Waals surface area contributed by atoms with E-state index < -0.39 is 21.7 Å². The molecule has 0 aliphatic carbocycles. The fraction of sp³-hybridized carbons (Fsp3) is 0.167. The smallest absolute Gasteiger partial charge is 0.290 e. The Kier molecular flexibility index (Phi) is 5.32. The molecular formula is C18H19N5O4S. The molecule has 0 radical (unpaired) electrons. The van der Waals surface area contributed by atoms with Gasteiger partial charge >= 0.3 is 0 Å². The summed E-state index contributed by atoms with van der Waals surface area (Å²) in [6.45, 7) is 1.91. The Bertz CT molecular complexity index is 1140. The van der Waals surface area contributed by atoms with Crippen molar-refractivity contribution in [1.82, 2.24) is 20.2 Å². The van der Waals surface area contributed by atoms with Crippen molar-refractivity contribution < 1.29 is 18.0 Å². The highest BCUT2D eigenvalue weighted by molar-refractivity contribution is 7.90. The fourth-order valence-electron chi connectivity index (χ4n) is 2.52. The van der Waals surface area contributed by atoms with Gasteiger partial charge in [-0.25, -0.2) is 13.4 Å². The molecule has 0 aliphatic rings. The van der Waals surface area contributed by atoms with Gasteiger partial charge in [0.1, 0.15) is 0 Å². The number of amides is 2. The summed E-state index contributed by atoms with van der Waals surface area (Å²) in [6, 6.07) is 12.3. The fourth-order valence-corrected chi connectivity index (χ4v) is 3.30. The quantitative estimate of drug-likeness (QED) is 0.547. The van der Waals surface area contributed by atoms with Gasteiger partial charge < -0.3 is 5.32 Å². The molecule has 146 valence electrons.